The lowest BCUT2D eigenvalue weighted by Crippen LogP contribution is -2.43. The standard InChI is InChI=1S/C22H32N2O5/c1-26-21-6-4-19(5-7-21)15-24(9-8-23-10-13-27-14-11-23)16-20(25)17-28-18-22-3-2-12-29-22/h2-7,12,20,25H,8-11,13-18H2,1H3. The zero-order valence-corrected chi connectivity index (χ0v) is 17.2. The fraction of sp³-hybridized carbons (Fsp3) is 0.545. The van der Waals surface area contributed by atoms with Crippen LogP contribution in [0.1, 0.15) is 11.3 Å². The van der Waals surface area contributed by atoms with Gasteiger partial charge in [0.25, 0.3) is 0 Å². The minimum absolute atomic E-state index is 0.275. The Balaban J connectivity index is 1.50. The molecule has 1 aliphatic heterocycles. The van der Waals surface area contributed by atoms with E-state index in [0.717, 1.165) is 57.4 Å². The maximum atomic E-state index is 10.5. The van der Waals surface area contributed by atoms with E-state index in [1.807, 2.05) is 24.3 Å². The Morgan fingerprint density at radius 3 is 2.66 bits per heavy atom. The topological polar surface area (TPSA) is 67.5 Å². The minimum Gasteiger partial charge on any atom is -0.497 e. The third kappa shape index (κ3) is 7.79. The molecule has 0 saturated carbocycles. The van der Waals surface area contributed by atoms with E-state index in [9.17, 15) is 5.11 Å². The fourth-order valence-electron chi connectivity index (χ4n) is 3.37. The summed E-state index contributed by atoms with van der Waals surface area (Å²) in [5.41, 5.74) is 1.19. The summed E-state index contributed by atoms with van der Waals surface area (Å²) >= 11 is 0. The molecule has 0 bridgehead atoms. The summed E-state index contributed by atoms with van der Waals surface area (Å²) in [5, 5.41) is 10.5. The van der Waals surface area contributed by atoms with Crippen LogP contribution in [0.4, 0.5) is 0 Å². The third-order valence-electron chi connectivity index (χ3n) is 5.01. The number of benzene rings is 1. The van der Waals surface area contributed by atoms with Gasteiger partial charge in [0.2, 0.25) is 0 Å². The van der Waals surface area contributed by atoms with Gasteiger partial charge in [0.1, 0.15) is 18.1 Å². The van der Waals surface area contributed by atoms with Crippen molar-refractivity contribution in [2.24, 2.45) is 0 Å². The Morgan fingerprint density at radius 2 is 1.97 bits per heavy atom. The van der Waals surface area contributed by atoms with Gasteiger partial charge in [-0.2, -0.15) is 0 Å². The first-order valence-electron chi connectivity index (χ1n) is 10.2. The van der Waals surface area contributed by atoms with Crippen molar-refractivity contribution in [3.63, 3.8) is 0 Å². The Hall–Kier alpha value is -1.90. The van der Waals surface area contributed by atoms with E-state index in [0.29, 0.717) is 13.2 Å². The monoisotopic (exact) mass is 404 g/mol. The molecule has 1 atom stereocenters. The average molecular weight is 405 g/mol. The summed E-state index contributed by atoms with van der Waals surface area (Å²) in [7, 11) is 1.67. The third-order valence-corrected chi connectivity index (χ3v) is 5.01. The SMILES string of the molecule is COc1ccc(CN(CCN2CCOCC2)CC(O)COCc2ccco2)cc1. The molecule has 1 aromatic heterocycles. The molecule has 1 aliphatic rings. The highest BCUT2D eigenvalue weighted by molar-refractivity contribution is 5.27. The molecule has 2 heterocycles. The zero-order chi connectivity index (χ0) is 20.3. The van der Waals surface area contributed by atoms with Gasteiger partial charge in [-0.05, 0) is 29.8 Å². The Labute approximate surface area is 172 Å². The van der Waals surface area contributed by atoms with Crippen LogP contribution < -0.4 is 4.74 Å². The van der Waals surface area contributed by atoms with E-state index in [2.05, 4.69) is 21.9 Å². The predicted octanol–water partition coefficient (Wildman–Crippen LogP) is 2.00. The summed E-state index contributed by atoms with van der Waals surface area (Å²) in [5.74, 6) is 1.61. The molecule has 1 fully saturated rings. The lowest BCUT2D eigenvalue weighted by molar-refractivity contribution is -0.00152. The van der Waals surface area contributed by atoms with Crippen LogP contribution in [0.3, 0.4) is 0 Å². The Morgan fingerprint density at radius 1 is 1.17 bits per heavy atom. The molecule has 1 saturated heterocycles. The number of furan rings is 1. The first kappa shape index (κ1) is 21.8. The minimum atomic E-state index is -0.562. The number of rotatable bonds is 12. The van der Waals surface area contributed by atoms with Gasteiger partial charge in [-0.15, -0.1) is 0 Å². The zero-order valence-electron chi connectivity index (χ0n) is 17.2. The maximum Gasteiger partial charge on any atom is 0.129 e. The van der Waals surface area contributed by atoms with Crippen LogP contribution in [0.2, 0.25) is 0 Å². The van der Waals surface area contributed by atoms with E-state index in [1.165, 1.54) is 5.56 Å². The van der Waals surface area contributed by atoms with Crippen LogP contribution in [0.25, 0.3) is 0 Å². The van der Waals surface area contributed by atoms with Gasteiger partial charge in [0.05, 0.1) is 39.3 Å². The smallest absolute Gasteiger partial charge is 0.129 e. The Bertz CT molecular complexity index is 671. The number of aliphatic hydroxyl groups excluding tert-OH is 1. The van der Waals surface area contributed by atoms with E-state index in [-0.39, 0.29) is 6.61 Å². The van der Waals surface area contributed by atoms with Crippen molar-refractivity contribution in [1.29, 1.82) is 0 Å². The van der Waals surface area contributed by atoms with Crippen molar-refractivity contribution in [1.82, 2.24) is 9.80 Å². The van der Waals surface area contributed by atoms with Gasteiger partial charge in [-0.25, -0.2) is 0 Å². The molecule has 0 aliphatic carbocycles. The van der Waals surface area contributed by atoms with Gasteiger partial charge in [0, 0.05) is 39.3 Å². The first-order chi connectivity index (χ1) is 14.2. The van der Waals surface area contributed by atoms with Crippen molar-refractivity contribution in [3.05, 3.63) is 54.0 Å². The van der Waals surface area contributed by atoms with Crippen molar-refractivity contribution in [2.45, 2.75) is 19.3 Å². The van der Waals surface area contributed by atoms with Gasteiger partial charge >= 0.3 is 0 Å². The summed E-state index contributed by atoms with van der Waals surface area (Å²) in [6, 6.07) is 11.8. The van der Waals surface area contributed by atoms with Crippen molar-refractivity contribution in [3.8, 4) is 5.75 Å². The molecule has 1 aromatic carbocycles. The lowest BCUT2D eigenvalue weighted by Gasteiger charge is -2.31. The largest absolute Gasteiger partial charge is 0.497 e. The molecular formula is C22H32N2O5. The van der Waals surface area contributed by atoms with Crippen molar-refractivity contribution in [2.75, 3.05) is 59.7 Å². The predicted molar refractivity (Wildman–Crippen MR) is 110 cm³/mol. The lowest BCUT2D eigenvalue weighted by atomic mass is 10.2. The van der Waals surface area contributed by atoms with E-state index >= 15 is 0 Å². The molecular weight excluding hydrogens is 372 g/mol. The van der Waals surface area contributed by atoms with Crippen LogP contribution in [0, 0.1) is 0 Å². The van der Waals surface area contributed by atoms with Crippen molar-refractivity contribution < 1.29 is 23.7 Å². The molecule has 2 aromatic rings. The van der Waals surface area contributed by atoms with Crippen LogP contribution in [-0.4, -0.2) is 80.7 Å². The second kappa shape index (κ2) is 11.9. The van der Waals surface area contributed by atoms with Crippen LogP contribution in [0.15, 0.2) is 47.1 Å². The normalized spacial score (nSPS) is 16.2. The summed E-state index contributed by atoms with van der Waals surface area (Å²) in [4.78, 5) is 4.68. The van der Waals surface area contributed by atoms with E-state index < -0.39 is 6.10 Å². The highest BCUT2D eigenvalue weighted by Crippen LogP contribution is 2.14. The molecule has 1 N–H and O–H groups in total. The van der Waals surface area contributed by atoms with Gasteiger partial charge in [-0.3, -0.25) is 9.80 Å². The molecule has 7 nitrogen and oxygen atoms in total. The fourth-order valence-corrected chi connectivity index (χ4v) is 3.37. The van der Waals surface area contributed by atoms with Crippen LogP contribution in [0.5, 0.6) is 5.75 Å². The number of nitrogens with zero attached hydrogens (tertiary/aromatic N) is 2. The van der Waals surface area contributed by atoms with E-state index in [1.54, 1.807) is 13.4 Å². The molecule has 29 heavy (non-hydrogen) atoms. The van der Waals surface area contributed by atoms with Gasteiger partial charge in [-0.1, -0.05) is 12.1 Å². The first-order valence-corrected chi connectivity index (χ1v) is 10.2. The second-order valence-corrected chi connectivity index (χ2v) is 7.29. The quantitative estimate of drug-likeness (QED) is 0.580. The Kier molecular flexibility index (Phi) is 8.98. The molecule has 160 valence electrons. The highest BCUT2D eigenvalue weighted by atomic mass is 16.5. The molecule has 0 spiro atoms. The average Bonchev–Trinajstić information content (AvgIpc) is 3.27. The molecule has 7 heteroatoms. The number of ether oxygens (including phenoxy) is 3. The maximum absolute atomic E-state index is 10.5. The number of hydrogen-bond donors (Lipinski definition) is 1. The number of aliphatic hydroxyl groups is 1. The molecule has 0 radical (unpaired) electrons. The molecule has 0 amide bonds. The van der Waals surface area contributed by atoms with E-state index in [4.69, 9.17) is 18.6 Å². The van der Waals surface area contributed by atoms with Gasteiger partial charge in [0.15, 0.2) is 0 Å². The molecule has 3 rings (SSSR count). The van der Waals surface area contributed by atoms with Gasteiger partial charge < -0.3 is 23.7 Å². The number of morpholine rings is 1. The highest BCUT2D eigenvalue weighted by Gasteiger charge is 2.16. The molecule has 1 unspecified atom stereocenters. The van der Waals surface area contributed by atoms with Crippen LogP contribution >= 0.6 is 0 Å². The summed E-state index contributed by atoms with van der Waals surface area (Å²) in [6.45, 7) is 7.31. The van der Waals surface area contributed by atoms with Crippen molar-refractivity contribution >= 4 is 0 Å². The van der Waals surface area contributed by atoms with Crippen LogP contribution in [-0.2, 0) is 22.6 Å². The number of methoxy groups -OCH3 is 1. The summed E-state index contributed by atoms with van der Waals surface area (Å²) < 4.78 is 21.5. The summed E-state index contributed by atoms with van der Waals surface area (Å²) in [6.07, 6.45) is 1.06. The second-order valence-electron chi connectivity index (χ2n) is 7.29. The number of hydrogen-bond acceptors (Lipinski definition) is 7.